The van der Waals surface area contributed by atoms with Gasteiger partial charge in [-0.15, -0.1) is 0 Å². The summed E-state index contributed by atoms with van der Waals surface area (Å²) in [5, 5.41) is 0.229. The number of nitrogens with zero attached hydrogens (tertiary/aromatic N) is 3. The Bertz CT molecular complexity index is 1230. The maximum atomic E-state index is 13.6. The van der Waals surface area contributed by atoms with Gasteiger partial charge in [0.2, 0.25) is 0 Å². The Morgan fingerprint density at radius 2 is 2.00 bits per heavy atom. The van der Waals surface area contributed by atoms with Crippen LogP contribution in [-0.2, 0) is 6.54 Å². The summed E-state index contributed by atoms with van der Waals surface area (Å²) < 4.78 is 6.67. The van der Waals surface area contributed by atoms with E-state index in [0.29, 0.717) is 35.8 Å². The van der Waals surface area contributed by atoms with Gasteiger partial charge in [-0.2, -0.15) is 0 Å². The van der Waals surface area contributed by atoms with Gasteiger partial charge in [0.1, 0.15) is 11.4 Å². The fourth-order valence-electron chi connectivity index (χ4n) is 3.92. The first-order chi connectivity index (χ1) is 14.9. The van der Waals surface area contributed by atoms with Crippen LogP contribution in [0.3, 0.4) is 0 Å². The number of anilines is 1. The summed E-state index contributed by atoms with van der Waals surface area (Å²) in [5.41, 5.74) is 0.324. The first-order valence-corrected chi connectivity index (χ1v) is 10.5. The van der Waals surface area contributed by atoms with Crippen molar-refractivity contribution in [1.29, 1.82) is 0 Å². The van der Waals surface area contributed by atoms with E-state index >= 15 is 0 Å². The van der Waals surface area contributed by atoms with Crippen molar-refractivity contribution < 1.29 is 9.53 Å². The number of hydrogen-bond donors (Lipinski definition) is 1. The third-order valence-electron chi connectivity index (χ3n) is 5.81. The summed E-state index contributed by atoms with van der Waals surface area (Å²) in [6.45, 7) is 4.41. The molecule has 1 aliphatic carbocycles. The number of carbonyl (C=O) groups is 1. The number of aromatic amines is 1. The Morgan fingerprint density at radius 3 is 2.61 bits per heavy atom. The van der Waals surface area contributed by atoms with Crippen LogP contribution >= 0.6 is 0 Å². The highest BCUT2D eigenvalue weighted by molar-refractivity contribution is 6.07. The molecule has 1 saturated carbocycles. The zero-order valence-electron chi connectivity index (χ0n) is 17.9. The molecule has 0 aliphatic heterocycles. The zero-order chi connectivity index (χ0) is 22.1. The van der Waals surface area contributed by atoms with Crippen molar-refractivity contribution in [2.24, 2.45) is 5.92 Å². The average molecular weight is 422 g/mol. The minimum absolute atomic E-state index is 0.00363. The standard InChI is InChI=1S/C23H26N4O4/c1-4-11-26-20-19(21(28)25-23(26)30)12-16(13-24-20)22(29)27(14(2)15-5-6-15)17-7-9-18(31-3)10-8-17/h7-10,12-15H,4-6,11H2,1-3H3,(H,25,28,30). The lowest BCUT2D eigenvalue weighted by Crippen LogP contribution is -2.40. The molecular formula is C23H26N4O4. The molecule has 0 saturated heterocycles. The Morgan fingerprint density at radius 1 is 1.29 bits per heavy atom. The molecule has 3 aromatic rings. The molecule has 31 heavy (non-hydrogen) atoms. The number of fused-ring (bicyclic) bond motifs is 1. The SMILES string of the molecule is CCCn1c(=O)[nH]c(=O)c2cc(C(=O)N(c3ccc(OC)cc3)C(C)C3CC3)cnc21. The molecule has 1 aromatic carbocycles. The molecule has 0 spiro atoms. The Kier molecular flexibility index (Phi) is 5.63. The number of amides is 1. The number of hydrogen-bond acceptors (Lipinski definition) is 5. The number of aromatic nitrogens is 3. The monoisotopic (exact) mass is 422 g/mol. The fraction of sp³-hybridized carbons (Fsp3) is 0.391. The highest BCUT2D eigenvalue weighted by Crippen LogP contribution is 2.38. The van der Waals surface area contributed by atoms with E-state index in [1.165, 1.54) is 16.8 Å². The van der Waals surface area contributed by atoms with Crippen LogP contribution < -0.4 is 20.9 Å². The third-order valence-corrected chi connectivity index (χ3v) is 5.81. The number of methoxy groups -OCH3 is 1. The molecule has 1 N–H and O–H groups in total. The van der Waals surface area contributed by atoms with Gasteiger partial charge in [-0.1, -0.05) is 6.92 Å². The molecule has 8 heteroatoms. The van der Waals surface area contributed by atoms with Gasteiger partial charge in [-0.3, -0.25) is 19.1 Å². The van der Waals surface area contributed by atoms with Gasteiger partial charge < -0.3 is 9.64 Å². The molecule has 8 nitrogen and oxygen atoms in total. The molecule has 1 fully saturated rings. The zero-order valence-corrected chi connectivity index (χ0v) is 17.9. The first-order valence-electron chi connectivity index (χ1n) is 10.5. The number of aryl methyl sites for hydroxylation is 1. The molecule has 0 bridgehead atoms. The summed E-state index contributed by atoms with van der Waals surface area (Å²) in [6.07, 6.45) is 4.33. The molecule has 1 amide bonds. The van der Waals surface area contributed by atoms with Crippen LogP contribution in [0.1, 0.15) is 43.5 Å². The molecule has 1 aliphatic rings. The van der Waals surface area contributed by atoms with E-state index in [1.807, 2.05) is 38.1 Å². The van der Waals surface area contributed by atoms with E-state index in [2.05, 4.69) is 9.97 Å². The molecular weight excluding hydrogens is 396 g/mol. The van der Waals surface area contributed by atoms with Gasteiger partial charge in [-0.25, -0.2) is 9.78 Å². The van der Waals surface area contributed by atoms with Gasteiger partial charge in [-0.05, 0) is 62.4 Å². The molecule has 2 heterocycles. The summed E-state index contributed by atoms with van der Waals surface area (Å²) in [7, 11) is 1.60. The smallest absolute Gasteiger partial charge is 0.329 e. The van der Waals surface area contributed by atoms with Gasteiger partial charge in [0.15, 0.2) is 0 Å². The highest BCUT2D eigenvalue weighted by atomic mass is 16.5. The molecule has 4 rings (SSSR count). The van der Waals surface area contributed by atoms with E-state index in [4.69, 9.17) is 4.74 Å². The summed E-state index contributed by atoms with van der Waals surface area (Å²) >= 11 is 0. The minimum Gasteiger partial charge on any atom is -0.497 e. The van der Waals surface area contributed by atoms with Gasteiger partial charge in [0, 0.05) is 24.5 Å². The van der Waals surface area contributed by atoms with Crippen molar-refractivity contribution in [3.63, 3.8) is 0 Å². The molecule has 162 valence electrons. The van der Waals surface area contributed by atoms with E-state index in [9.17, 15) is 14.4 Å². The van der Waals surface area contributed by atoms with Crippen LogP contribution in [-0.4, -0.2) is 33.6 Å². The van der Waals surface area contributed by atoms with E-state index in [0.717, 1.165) is 18.5 Å². The minimum atomic E-state index is -0.541. The third kappa shape index (κ3) is 3.97. The van der Waals surface area contributed by atoms with Gasteiger partial charge in [0.05, 0.1) is 18.1 Å². The fourth-order valence-corrected chi connectivity index (χ4v) is 3.92. The lowest BCUT2D eigenvalue weighted by Gasteiger charge is -2.30. The second-order valence-corrected chi connectivity index (χ2v) is 7.96. The molecule has 2 aromatic heterocycles. The van der Waals surface area contributed by atoms with Crippen LogP contribution in [0.5, 0.6) is 5.75 Å². The van der Waals surface area contributed by atoms with Gasteiger partial charge >= 0.3 is 5.69 Å². The number of carbonyl (C=O) groups excluding carboxylic acids is 1. The van der Waals surface area contributed by atoms with E-state index in [-0.39, 0.29) is 17.3 Å². The second-order valence-electron chi connectivity index (χ2n) is 7.96. The van der Waals surface area contributed by atoms with E-state index < -0.39 is 11.2 Å². The Balaban J connectivity index is 1.79. The number of H-pyrrole nitrogens is 1. The Hall–Kier alpha value is -3.42. The average Bonchev–Trinajstić information content (AvgIpc) is 3.62. The largest absolute Gasteiger partial charge is 0.497 e. The molecule has 1 unspecified atom stereocenters. The number of ether oxygens (including phenoxy) is 1. The van der Waals surface area contributed by atoms with Crippen LogP contribution in [0.2, 0.25) is 0 Å². The summed E-state index contributed by atoms with van der Waals surface area (Å²) in [4.78, 5) is 46.6. The van der Waals surface area contributed by atoms with Crippen LogP contribution in [0, 0.1) is 5.92 Å². The summed E-state index contributed by atoms with van der Waals surface area (Å²) in [5.74, 6) is 0.923. The van der Waals surface area contributed by atoms with Crippen LogP contribution in [0.15, 0.2) is 46.1 Å². The summed E-state index contributed by atoms with van der Waals surface area (Å²) in [6, 6.07) is 8.89. The van der Waals surface area contributed by atoms with Gasteiger partial charge in [0.25, 0.3) is 11.5 Å². The van der Waals surface area contributed by atoms with Crippen molar-refractivity contribution in [1.82, 2.24) is 14.5 Å². The van der Waals surface area contributed by atoms with Crippen LogP contribution in [0.4, 0.5) is 5.69 Å². The van der Waals surface area contributed by atoms with E-state index in [1.54, 1.807) is 12.0 Å². The number of pyridine rings is 1. The maximum Gasteiger partial charge on any atom is 0.329 e. The molecule has 1 atom stereocenters. The van der Waals surface area contributed by atoms with Crippen molar-refractivity contribution in [2.45, 2.75) is 45.7 Å². The highest BCUT2D eigenvalue weighted by Gasteiger charge is 2.35. The number of rotatable bonds is 7. The topological polar surface area (TPSA) is 97.3 Å². The van der Waals surface area contributed by atoms with Crippen molar-refractivity contribution in [3.05, 3.63) is 62.9 Å². The first kappa shape index (κ1) is 20.8. The van der Waals surface area contributed by atoms with Crippen molar-refractivity contribution in [3.8, 4) is 5.75 Å². The number of benzene rings is 1. The molecule has 0 radical (unpaired) electrons. The van der Waals surface area contributed by atoms with Crippen LogP contribution in [0.25, 0.3) is 11.0 Å². The van der Waals surface area contributed by atoms with Crippen molar-refractivity contribution in [2.75, 3.05) is 12.0 Å². The normalized spacial score (nSPS) is 14.4. The van der Waals surface area contributed by atoms with Crippen molar-refractivity contribution >= 4 is 22.6 Å². The predicted molar refractivity (Wildman–Crippen MR) is 119 cm³/mol. The predicted octanol–water partition coefficient (Wildman–Crippen LogP) is 2.95. The number of nitrogens with one attached hydrogen (secondary N) is 1. The quantitative estimate of drug-likeness (QED) is 0.631. The lowest BCUT2D eigenvalue weighted by molar-refractivity contribution is 0.0975. The Labute approximate surface area is 179 Å². The lowest BCUT2D eigenvalue weighted by atomic mass is 10.1. The second kappa shape index (κ2) is 8.37. The maximum absolute atomic E-state index is 13.6.